The molecule has 180 valence electrons. The van der Waals surface area contributed by atoms with Gasteiger partial charge in [-0.15, -0.1) is 0 Å². The summed E-state index contributed by atoms with van der Waals surface area (Å²) in [6.07, 6.45) is 2.77. The molecule has 1 amide bonds. The number of hydrogen-bond donors (Lipinski definition) is 1. The van der Waals surface area contributed by atoms with Crippen LogP contribution in [0.15, 0.2) is 75.3 Å². The fraction of sp³-hybridized carbons (Fsp3) is 0.217. The second-order valence-electron chi connectivity index (χ2n) is 6.76. The maximum atomic E-state index is 13.6. The molecule has 0 bridgehead atoms. The molecule has 0 atom stereocenters. The van der Waals surface area contributed by atoms with Crippen molar-refractivity contribution < 1.29 is 31.8 Å². The van der Waals surface area contributed by atoms with Gasteiger partial charge in [-0.25, -0.2) is 13.8 Å². The van der Waals surface area contributed by atoms with E-state index in [1.54, 1.807) is 36.4 Å². The lowest BCUT2D eigenvalue weighted by molar-refractivity contribution is -0.119. The van der Waals surface area contributed by atoms with Crippen LogP contribution in [0.4, 0.5) is 5.69 Å². The van der Waals surface area contributed by atoms with Crippen molar-refractivity contribution in [3.63, 3.8) is 0 Å². The number of sulfonamides is 1. The summed E-state index contributed by atoms with van der Waals surface area (Å²) < 4.78 is 49.1. The molecule has 34 heavy (non-hydrogen) atoms. The van der Waals surface area contributed by atoms with Crippen LogP contribution in [0.3, 0.4) is 0 Å². The van der Waals surface area contributed by atoms with Gasteiger partial charge in [0.1, 0.15) is 18.1 Å². The first-order valence-corrected chi connectivity index (χ1v) is 11.7. The highest BCUT2D eigenvalue weighted by molar-refractivity contribution is 7.92. The van der Waals surface area contributed by atoms with Gasteiger partial charge < -0.3 is 18.6 Å². The molecule has 0 aliphatic heterocycles. The number of rotatable bonds is 11. The normalized spacial score (nSPS) is 11.3. The summed E-state index contributed by atoms with van der Waals surface area (Å²) in [4.78, 5) is 12.5. The van der Waals surface area contributed by atoms with Gasteiger partial charge in [0.2, 0.25) is 0 Å². The summed E-state index contributed by atoms with van der Waals surface area (Å²) in [5.41, 5.74) is 2.58. The van der Waals surface area contributed by atoms with Crippen LogP contribution in [0.5, 0.6) is 17.2 Å². The van der Waals surface area contributed by atoms with E-state index in [2.05, 4.69) is 10.5 Å². The predicted octanol–water partition coefficient (Wildman–Crippen LogP) is 3.04. The minimum absolute atomic E-state index is 0.0779. The standard InChI is InChI=1S/C23H25N3O7S/c1-4-32-18-9-7-17(8-10-18)26(16-23(27)25-24-15-19-6-5-13-33-19)34(28,29)20-11-12-21(30-2)22(14-20)31-3/h5-15H,4,16H2,1-3H3,(H,25,27)/b24-15-. The number of nitrogens with zero attached hydrogens (tertiary/aromatic N) is 2. The topological polar surface area (TPSA) is 120 Å². The largest absolute Gasteiger partial charge is 0.494 e. The zero-order chi connectivity index (χ0) is 24.6. The Morgan fingerprint density at radius 2 is 1.82 bits per heavy atom. The van der Waals surface area contributed by atoms with Crippen molar-refractivity contribution in [2.75, 3.05) is 31.7 Å². The summed E-state index contributed by atoms with van der Waals surface area (Å²) in [7, 11) is -1.32. The molecule has 2 aromatic carbocycles. The predicted molar refractivity (Wildman–Crippen MR) is 126 cm³/mol. The molecule has 0 spiro atoms. The minimum atomic E-state index is -4.17. The molecule has 11 heteroatoms. The van der Waals surface area contributed by atoms with Crippen LogP contribution in [0.25, 0.3) is 0 Å². The van der Waals surface area contributed by atoms with E-state index in [0.717, 1.165) is 4.31 Å². The summed E-state index contributed by atoms with van der Waals surface area (Å²) in [5.74, 6) is 0.964. The molecule has 1 heterocycles. The highest BCUT2D eigenvalue weighted by Crippen LogP contribution is 2.32. The van der Waals surface area contributed by atoms with Gasteiger partial charge in [0.15, 0.2) is 11.5 Å². The van der Waals surface area contributed by atoms with Crippen LogP contribution < -0.4 is 23.9 Å². The molecule has 0 radical (unpaired) electrons. The molecule has 1 N–H and O–H groups in total. The Labute approximate surface area is 197 Å². The number of ether oxygens (including phenoxy) is 3. The third-order valence-corrected chi connectivity index (χ3v) is 6.36. The van der Waals surface area contributed by atoms with Crippen LogP contribution in [-0.2, 0) is 14.8 Å². The van der Waals surface area contributed by atoms with Gasteiger partial charge in [0.05, 0.1) is 43.9 Å². The maximum absolute atomic E-state index is 13.6. The van der Waals surface area contributed by atoms with Crippen LogP contribution >= 0.6 is 0 Å². The zero-order valence-electron chi connectivity index (χ0n) is 18.9. The van der Waals surface area contributed by atoms with Crippen molar-refractivity contribution in [1.82, 2.24) is 5.43 Å². The van der Waals surface area contributed by atoms with Gasteiger partial charge in [-0.1, -0.05) is 0 Å². The quantitative estimate of drug-likeness (QED) is 0.326. The van der Waals surface area contributed by atoms with Gasteiger partial charge >= 0.3 is 0 Å². The van der Waals surface area contributed by atoms with E-state index in [1.807, 2.05) is 6.92 Å². The summed E-state index contributed by atoms with van der Waals surface area (Å²) >= 11 is 0. The van der Waals surface area contributed by atoms with E-state index in [-0.39, 0.29) is 16.3 Å². The van der Waals surface area contributed by atoms with Crippen molar-refractivity contribution in [2.24, 2.45) is 5.10 Å². The molecule has 0 unspecified atom stereocenters. The first-order valence-electron chi connectivity index (χ1n) is 10.2. The van der Waals surface area contributed by atoms with E-state index < -0.39 is 22.5 Å². The molecule has 3 aromatic rings. The SMILES string of the molecule is CCOc1ccc(N(CC(=O)N/N=C\c2ccco2)S(=O)(=O)c2ccc(OC)c(OC)c2)cc1. The summed E-state index contributed by atoms with van der Waals surface area (Å²) in [6.45, 7) is 1.78. The number of carbonyl (C=O) groups is 1. The fourth-order valence-electron chi connectivity index (χ4n) is 2.99. The lowest BCUT2D eigenvalue weighted by Gasteiger charge is -2.24. The highest BCUT2D eigenvalue weighted by Gasteiger charge is 2.28. The van der Waals surface area contributed by atoms with Crippen LogP contribution in [-0.4, -0.2) is 47.9 Å². The lowest BCUT2D eigenvalue weighted by atomic mass is 10.3. The first-order chi connectivity index (χ1) is 16.4. The molecular formula is C23H25N3O7S. The highest BCUT2D eigenvalue weighted by atomic mass is 32.2. The fourth-order valence-corrected chi connectivity index (χ4v) is 4.43. The van der Waals surface area contributed by atoms with Crippen molar-refractivity contribution in [2.45, 2.75) is 11.8 Å². The third-order valence-electron chi connectivity index (χ3n) is 4.59. The van der Waals surface area contributed by atoms with Crippen molar-refractivity contribution in [3.8, 4) is 17.2 Å². The second kappa shape index (κ2) is 11.2. The number of hydrazone groups is 1. The molecular weight excluding hydrogens is 462 g/mol. The Hall–Kier alpha value is -3.99. The van der Waals surface area contributed by atoms with E-state index in [9.17, 15) is 13.2 Å². The van der Waals surface area contributed by atoms with E-state index in [0.29, 0.717) is 23.9 Å². The van der Waals surface area contributed by atoms with Crippen molar-refractivity contribution in [3.05, 3.63) is 66.6 Å². The number of hydrogen-bond acceptors (Lipinski definition) is 8. The van der Waals surface area contributed by atoms with Gasteiger partial charge in [0.25, 0.3) is 15.9 Å². The molecule has 3 rings (SSSR count). The zero-order valence-corrected chi connectivity index (χ0v) is 19.7. The van der Waals surface area contributed by atoms with Gasteiger partial charge in [-0.3, -0.25) is 9.10 Å². The van der Waals surface area contributed by atoms with Gasteiger partial charge in [-0.05, 0) is 55.5 Å². The second-order valence-corrected chi connectivity index (χ2v) is 8.63. The Kier molecular flexibility index (Phi) is 8.14. The maximum Gasteiger partial charge on any atom is 0.264 e. The van der Waals surface area contributed by atoms with Gasteiger partial charge in [0, 0.05) is 6.07 Å². The molecule has 10 nitrogen and oxygen atoms in total. The molecule has 0 aliphatic carbocycles. The minimum Gasteiger partial charge on any atom is -0.494 e. The van der Waals surface area contributed by atoms with E-state index in [1.165, 1.54) is 44.9 Å². The number of anilines is 1. The number of carbonyl (C=O) groups excluding carboxylic acids is 1. The number of nitrogens with one attached hydrogen (secondary N) is 1. The van der Waals surface area contributed by atoms with Crippen LogP contribution in [0.1, 0.15) is 12.7 Å². The summed E-state index contributed by atoms with van der Waals surface area (Å²) in [6, 6.07) is 13.9. The Morgan fingerprint density at radius 3 is 2.44 bits per heavy atom. The molecule has 0 saturated carbocycles. The van der Waals surface area contributed by atoms with E-state index in [4.69, 9.17) is 18.6 Å². The smallest absolute Gasteiger partial charge is 0.264 e. The first kappa shape index (κ1) is 24.6. The Morgan fingerprint density at radius 1 is 1.09 bits per heavy atom. The Bertz CT molecular complexity index is 1220. The van der Waals surface area contributed by atoms with Gasteiger partial charge in [-0.2, -0.15) is 5.10 Å². The number of amides is 1. The van der Waals surface area contributed by atoms with Crippen molar-refractivity contribution in [1.29, 1.82) is 0 Å². The average molecular weight is 488 g/mol. The monoisotopic (exact) mass is 487 g/mol. The molecule has 1 aromatic heterocycles. The lowest BCUT2D eigenvalue weighted by Crippen LogP contribution is -2.39. The summed E-state index contributed by atoms with van der Waals surface area (Å²) in [5, 5.41) is 3.81. The van der Waals surface area contributed by atoms with Crippen LogP contribution in [0.2, 0.25) is 0 Å². The average Bonchev–Trinajstić information content (AvgIpc) is 3.36. The van der Waals surface area contributed by atoms with Crippen LogP contribution in [0, 0.1) is 0 Å². The number of furan rings is 1. The Balaban J connectivity index is 1.92. The van der Waals surface area contributed by atoms with Crippen molar-refractivity contribution >= 4 is 27.8 Å². The third kappa shape index (κ3) is 5.87. The molecule has 0 fully saturated rings. The molecule has 0 aliphatic rings. The molecule has 0 saturated heterocycles. The number of benzene rings is 2. The number of methoxy groups -OCH3 is 2. The van der Waals surface area contributed by atoms with E-state index >= 15 is 0 Å².